The maximum atomic E-state index is 12.1. The van der Waals surface area contributed by atoms with Gasteiger partial charge in [0.2, 0.25) is 5.91 Å². The molecule has 2 rings (SSSR count). The zero-order valence-corrected chi connectivity index (χ0v) is 15.9. The van der Waals surface area contributed by atoms with Gasteiger partial charge in [-0.05, 0) is 29.7 Å². The van der Waals surface area contributed by atoms with Crippen molar-refractivity contribution in [2.24, 2.45) is 0 Å². The SMILES string of the molecule is CN(C(=O)CC(Br)Br)c1ccc2c(O)cc(S(=O)(=O)O)cc2c1. The first-order chi connectivity index (χ1) is 10.6. The highest BCUT2D eigenvalue weighted by Gasteiger charge is 2.17. The summed E-state index contributed by atoms with van der Waals surface area (Å²) in [6, 6.07) is 7.01. The van der Waals surface area contributed by atoms with Gasteiger partial charge in [-0.25, -0.2) is 0 Å². The lowest BCUT2D eigenvalue weighted by atomic mass is 10.1. The first-order valence-corrected chi connectivity index (χ1v) is 9.65. The third-order valence-corrected chi connectivity index (χ3v) is 4.75. The van der Waals surface area contributed by atoms with Crippen molar-refractivity contribution in [3.05, 3.63) is 30.3 Å². The van der Waals surface area contributed by atoms with Crippen molar-refractivity contribution in [1.29, 1.82) is 0 Å². The van der Waals surface area contributed by atoms with Crippen LogP contribution in [-0.4, -0.2) is 34.8 Å². The molecular formula is C14H13Br2NO5S. The standard InChI is InChI=1S/C14H13Br2NO5S/c1-17(14(19)7-13(15)16)9-2-3-11-8(4-9)5-10(6-12(11)18)23(20,21)22/h2-6,13,18H,7H2,1H3,(H,20,21,22). The van der Waals surface area contributed by atoms with Gasteiger partial charge < -0.3 is 10.0 Å². The summed E-state index contributed by atoms with van der Waals surface area (Å²) in [6.45, 7) is 0. The maximum absolute atomic E-state index is 12.1. The number of fused-ring (bicyclic) bond motifs is 1. The molecule has 0 fully saturated rings. The van der Waals surface area contributed by atoms with Crippen LogP contribution in [0, 0.1) is 0 Å². The van der Waals surface area contributed by atoms with Crippen LogP contribution in [0.15, 0.2) is 35.2 Å². The number of phenolic OH excluding ortho intramolecular Hbond substituents is 1. The minimum atomic E-state index is -4.44. The molecule has 1 amide bonds. The van der Waals surface area contributed by atoms with Crippen LogP contribution >= 0.6 is 31.9 Å². The molecule has 0 atom stereocenters. The van der Waals surface area contributed by atoms with Crippen molar-refractivity contribution in [3.8, 4) is 5.75 Å². The maximum Gasteiger partial charge on any atom is 0.294 e. The third-order valence-electron chi connectivity index (χ3n) is 3.28. The molecule has 0 saturated carbocycles. The van der Waals surface area contributed by atoms with E-state index in [-0.39, 0.29) is 21.8 Å². The fourth-order valence-corrected chi connectivity index (χ4v) is 3.17. The van der Waals surface area contributed by atoms with Crippen molar-refractivity contribution >= 4 is 64.3 Å². The van der Waals surface area contributed by atoms with Crippen LogP contribution in [0.1, 0.15) is 6.42 Å². The highest BCUT2D eigenvalue weighted by molar-refractivity contribution is 9.24. The zero-order valence-electron chi connectivity index (χ0n) is 11.9. The van der Waals surface area contributed by atoms with Crippen molar-refractivity contribution in [2.75, 3.05) is 11.9 Å². The Balaban J connectivity index is 2.51. The van der Waals surface area contributed by atoms with Gasteiger partial charge in [-0.15, -0.1) is 0 Å². The van der Waals surface area contributed by atoms with Gasteiger partial charge in [0.05, 0.1) is 8.63 Å². The molecule has 0 unspecified atom stereocenters. The van der Waals surface area contributed by atoms with Crippen molar-refractivity contribution < 1.29 is 22.9 Å². The summed E-state index contributed by atoms with van der Waals surface area (Å²) < 4.78 is 31.5. The Bertz CT molecular complexity index is 867. The average molecular weight is 467 g/mol. The van der Waals surface area contributed by atoms with Gasteiger partial charge in [0, 0.05) is 30.6 Å². The number of carbonyl (C=O) groups excluding carboxylic acids is 1. The number of hydrogen-bond acceptors (Lipinski definition) is 4. The molecule has 0 aliphatic carbocycles. The fourth-order valence-electron chi connectivity index (χ4n) is 2.08. The normalized spacial score (nSPS) is 11.9. The predicted molar refractivity (Wildman–Crippen MR) is 95.1 cm³/mol. The molecular weight excluding hydrogens is 454 g/mol. The number of carbonyl (C=O) groups is 1. The van der Waals surface area contributed by atoms with Crippen LogP contribution in [0.25, 0.3) is 10.8 Å². The van der Waals surface area contributed by atoms with Crippen molar-refractivity contribution in [3.63, 3.8) is 0 Å². The highest BCUT2D eigenvalue weighted by Crippen LogP contribution is 2.31. The van der Waals surface area contributed by atoms with E-state index in [1.54, 1.807) is 25.2 Å². The van der Waals surface area contributed by atoms with Crippen LogP contribution in [0.2, 0.25) is 0 Å². The van der Waals surface area contributed by atoms with Gasteiger partial charge in [0.1, 0.15) is 5.75 Å². The van der Waals surface area contributed by atoms with Gasteiger partial charge in [-0.1, -0.05) is 31.9 Å². The molecule has 0 saturated heterocycles. The number of alkyl halides is 2. The summed E-state index contributed by atoms with van der Waals surface area (Å²) >= 11 is 6.48. The Labute approximate surface area is 150 Å². The molecule has 9 heteroatoms. The Kier molecular flexibility index (Phi) is 5.34. The molecule has 0 spiro atoms. The highest BCUT2D eigenvalue weighted by atomic mass is 79.9. The predicted octanol–water partition coefficient (Wildman–Crippen LogP) is 3.26. The molecule has 2 aromatic rings. The summed E-state index contributed by atoms with van der Waals surface area (Å²) in [4.78, 5) is 13.1. The van der Waals surface area contributed by atoms with Crippen molar-refractivity contribution in [1.82, 2.24) is 0 Å². The first kappa shape index (κ1) is 18.2. The van der Waals surface area contributed by atoms with E-state index < -0.39 is 15.0 Å². The quantitative estimate of drug-likeness (QED) is 0.532. The average Bonchev–Trinajstić information content (AvgIpc) is 2.44. The van der Waals surface area contributed by atoms with E-state index in [0.717, 1.165) is 6.07 Å². The van der Waals surface area contributed by atoms with Gasteiger partial charge >= 0.3 is 0 Å². The molecule has 0 aliphatic rings. The lowest BCUT2D eigenvalue weighted by molar-refractivity contribution is -0.118. The number of anilines is 1. The van der Waals surface area contributed by atoms with Gasteiger partial charge in [-0.2, -0.15) is 8.42 Å². The number of benzene rings is 2. The van der Waals surface area contributed by atoms with E-state index in [2.05, 4.69) is 31.9 Å². The second-order valence-corrected chi connectivity index (χ2v) is 9.73. The molecule has 2 aromatic carbocycles. The number of phenols is 1. The minimum absolute atomic E-state index is 0.152. The van der Waals surface area contributed by atoms with Crippen LogP contribution in [0.3, 0.4) is 0 Å². The lowest BCUT2D eigenvalue weighted by Crippen LogP contribution is -2.27. The number of hydrogen-bond donors (Lipinski definition) is 2. The van der Waals surface area contributed by atoms with Crippen molar-refractivity contribution in [2.45, 2.75) is 15.1 Å². The van der Waals surface area contributed by atoms with E-state index in [1.807, 2.05) is 0 Å². The summed E-state index contributed by atoms with van der Waals surface area (Å²) in [5.74, 6) is -0.421. The van der Waals surface area contributed by atoms with Gasteiger partial charge in [-0.3, -0.25) is 9.35 Å². The minimum Gasteiger partial charge on any atom is -0.507 e. The molecule has 0 heterocycles. The van der Waals surface area contributed by atoms with E-state index in [4.69, 9.17) is 4.55 Å². The Morgan fingerprint density at radius 2 is 1.91 bits per heavy atom. The number of aromatic hydroxyl groups is 1. The topological polar surface area (TPSA) is 94.9 Å². The van der Waals surface area contributed by atoms with Crippen LogP contribution in [0.4, 0.5) is 5.69 Å². The van der Waals surface area contributed by atoms with E-state index in [1.165, 1.54) is 11.0 Å². The zero-order chi connectivity index (χ0) is 17.4. The number of nitrogens with zero attached hydrogens (tertiary/aromatic N) is 1. The fraction of sp³-hybridized carbons (Fsp3) is 0.214. The molecule has 124 valence electrons. The summed E-state index contributed by atoms with van der Waals surface area (Å²) in [5, 5.41) is 10.7. The molecule has 6 nitrogen and oxygen atoms in total. The van der Waals surface area contributed by atoms with E-state index in [9.17, 15) is 18.3 Å². The summed E-state index contributed by atoms with van der Waals surface area (Å²) in [7, 11) is -2.84. The van der Waals surface area contributed by atoms with Crippen LogP contribution < -0.4 is 4.90 Å². The number of amides is 1. The molecule has 0 aromatic heterocycles. The van der Waals surface area contributed by atoms with Crippen LogP contribution in [0.5, 0.6) is 5.75 Å². The monoisotopic (exact) mass is 465 g/mol. The Morgan fingerprint density at radius 3 is 2.48 bits per heavy atom. The second-order valence-electron chi connectivity index (χ2n) is 4.87. The lowest BCUT2D eigenvalue weighted by Gasteiger charge is -2.18. The Hall–Kier alpha value is -1.16. The molecule has 0 bridgehead atoms. The summed E-state index contributed by atoms with van der Waals surface area (Å²) in [6.07, 6.45) is 0.227. The largest absolute Gasteiger partial charge is 0.507 e. The number of rotatable bonds is 4. The van der Waals surface area contributed by atoms with E-state index in [0.29, 0.717) is 16.5 Å². The third kappa shape index (κ3) is 4.23. The van der Waals surface area contributed by atoms with Crippen LogP contribution in [-0.2, 0) is 14.9 Å². The van der Waals surface area contributed by atoms with E-state index >= 15 is 0 Å². The summed E-state index contributed by atoms with van der Waals surface area (Å²) in [5.41, 5.74) is 0.537. The second kappa shape index (κ2) is 6.76. The first-order valence-electron chi connectivity index (χ1n) is 6.38. The molecule has 2 N–H and O–H groups in total. The molecule has 0 aliphatic heterocycles. The van der Waals surface area contributed by atoms with Gasteiger partial charge in [0.15, 0.2) is 0 Å². The molecule has 23 heavy (non-hydrogen) atoms. The Morgan fingerprint density at radius 1 is 1.26 bits per heavy atom. The van der Waals surface area contributed by atoms with Gasteiger partial charge in [0.25, 0.3) is 10.1 Å². The number of halogens is 2. The molecule has 0 radical (unpaired) electrons. The smallest absolute Gasteiger partial charge is 0.294 e.